The third-order valence-corrected chi connectivity index (χ3v) is 7.56. The second-order valence-electron chi connectivity index (χ2n) is 9.81. The van der Waals surface area contributed by atoms with Crippen LogP contribution in [0.1, 0.15) is 48.4 Å². The molecule has 5 heteroatoms. The van der Waals surface area contributed by atoms with Crippen LogP contribution in [0.4, 0.5) is 4.39 Å². The molecule has 3 atom stereocenters. The molecule has 3 aromatic rings. The molecule has 35 heavy (non-hydrogen) atoms. The van der Waals surface area contributed by atoms with Gasteiger partial charge >= 0.3 is 0 Å². The summed E-state index contributed by atoms with van der Waals surface area (Å²) in [5.41, 5.74) is 4.29. The number of fused-ring (bicyclic) bond motifs is 1. The molecule has 0 amide bonds. The molecular weight excluding hydrogens is 439 g/mol. The fraction of sp³-hybridized carbons (Fsp3) is 0.400. The number of ether oxygens (including phenoxy) is 2. The van der Waals surface area contributed by atoms with Crippen molar-refractivity contribution in [2.75, 3.05) is 20.2 Å². The van der Waals surface area contributed by atoms with Crippen LogP contribution in [0, 0.1) is 5.82 Å². The van der Waals surface area contributed by atoms with E-state index in [0.717, 1.165) is 49.4 Å². The summed E-state index contributed by atoms with van der Waals surface area (Å²) >= 11 is 0. The summed E-state index contributed by atoms with van der Waals surface area (Å²) in [5, 5.41) is 7.38. The van der Waals surface area contributed by atoms with Crippen LogP contribution in [0.25, 0.3) is 0 Å². The number of methoxy groups -OCH3 is 1. The predicted octanol–water partition coefficient (Wildman–Crippen LogP) is 5.38. The molecule has 4 nitrogen and oxygen atoms in total. The van der Waals surface area contributed by atoms with Gasteiger partial charge in [-0.3, -0.25) is 0 Å². The number of hydrogen-bond donors (Lipinski definition) is 2. The van der Waals surface area contributed by atoms with Crippen molar-refractivity contribution < 1.29 is 13.9 Å². The molecule has 0 aromatic heterocycles. The van der Waals surface area contributed by atoms with Crippen molar-refractivity contribution in [1.82, 2.24) is 10.6 Å². The van der Waals surface area contributed by atoms with Gasteiger partial charge in [-0.15, -0.1) is 0 Å². The molecule has 184 valence electrons. The van der Waals surface area contributed by atoms with Gasteiger partial charge < -0.3 is 20.1 Å². The standard InChI is InChI=1S/C30H35FN2O2/c1-21(29-5-3-4-17-32-29)35-26-12-6-22(7-13-26)20-30(24-8-10-25(31)11-9-24)28-15-14-27(34-2)19-23(28)16-18-33-30/h6-15,19,21,29,32-33H,3-5,16-18,20H2,1-2H3. The van der Waals surface area contributed by atoms with E-state index in [-0.39, 0.29) is 11.9 Å². The maximum absolute atomic E-state index is 13.8. The molecule has 0 radical (unpaired) electrons. The van der Waals surface area contributed by atoms with Crippen LogP contribution < -0.4 is 20.1 Å². The zero-order chi connectivity index (χ0) is 24.3. The average molecular weight is 475 g/mol. The van der Waals surface area contributed by atoms with Gasteiger partial charge in [-0.1, -0.05) is 36.8 Å². The van der Waals surface area contributed by atoms with Crippen LogP contribution in [0.15, 0.2) is 66.7 Å². The Balaban J connectivity index is 1.43. The van der Waals surface area contributed by atoms with Gasteiger partial charge in [0.05, 0.1) is 12.6 Å². The Morgan fingerprint density at radius 2 is 1.74 bits per heavy atom. The molecule has 5 rings (SSSR count). The van der Waals surface area contributed by atoms with Gasteiger partial charge in [-0.25, -0.2) is 4.39 Å². The smallest absolute Gasteiger partial charge is 0.123 e. The lowest BCUT2D eigenvalue weighted by Crippen LogP contribution is -2.49. The predicted molar refractivity (Wildman–Crippen MR) is 138 cm³/mol. The van der Waals surface area contributed by atoms with Gasteiger partial charge in [0, 0.05) is 12.6 Å². The van der Waals surface area contributed by atoms with Crippen molar-refractivity contribution in [3.8, 4) is 11.5 Å². The van der Waals surface area contributed by atoms with E-state index < -0.39 is 5.54 Å². The Labute approximate surface area is 207 Å². The molecule has 0 spiro atoms. The van der Waals surface area contributed by atoms with Crippen molar-refractivity contribution in [3.05, 3.63) is 94.8 Å². The summed E-state index contributed by atoms with van der Waals surface area (Å²) in [6.07, 6.45) is 5.48. The lowest BCUT2D eigenvalue weighted by molar-refractivity contribution is 0.152. The average Bonchev–Trinajstić information content (AvgIpc) is 2.90. The van der Waals surface area contributed by atoms with Crippen molar-refractivity contribution in [3.63, 3.8) is 0 Å². The van der Waals surface area contributed by atoms with Crippen molar-refractivity contribution in [1.29, 1.82) is 0 Å². The molecule has 2 heterocycles. The molecule has 2 aliphatic heterocycles. The zero-order valence-electron chi connectivity index (χ0n) is 20.6. The molecule has 2 aliphatic rings. The molecule has 3 aromatic carbocycles. The highest BCUT2D eigenvalue weighted by Crippen LogP contribution is 2.39. The summed E-state index contributed by atoms with van der Waals surface area (Å²) in [7, 11) is 1.70. The van der Waals surface area contributed by atoms with Crippen LogP contribution in [0.2, 0.25) is 0 Å². The summed E-state index contributed by atoms with van der Waals surface area (Å²) in [6.45, 7) is 4.06. The first-order valence-electron chi connectivity index (χ1n) is 12.7. The van der Waals surface area contributed by atoms with Crippen LogP contribution in [-0.4, -0.2) is 32.3 Å². The van der Waals surface area contributed by atoms with E-state index in [1.165, 1.54) is 29.5 Å². The largest absolute Gasteiger partial charge is 0.497 e. The minimum Gasteiger partial charge on any atom is -0.497 e. The van der Waals surface area contributed by atoms with Crippen molar-refractivity contribution in [2.24, 2.45) is 0 Å². The van der Waals surface area contributed by atoms with Gasteiger partial charge in [0.2, 0.25) is 0 Å². The van der Waals surface area contributed by atoms with Gasteiger partial charge in [-0.2, -0.15) is 0 Å². The number of hydrogen-bond acceptors (Lipinski definition) is 4. The highest BCUT2D eigenvalue weighted by molar-refractivity contribution is 5.49. The Kier molecular flexibility index (Phi) is 7.07. The lowest BCUT2D eigenvalue weighted by Gasteiger charge is -2.41. The topological polar surface area (TPSA) is 42.5 Å². The fourth-order valence-corrected chi connectivity index (χ4v) is 5.65. The van der Waals surface area contributed by atoms with Crippen LogP contribution in [0.3, 0.4) is 0 Å². The summed E-state index contributed by atoms with van der Waals surface area (Å²) in [6, 6.07) is 22.1. The molecule has 1 saturated heterocycles. The number of piperidine rings is 1. The Bertz CT molecular complexity index is 1130. The number of benzene rings is 3. The number of halogens is 1. The van der Waals surface area contributed by atoms with Crippen LogP contribution in [-0.2, 0) is 18.4 Å². The summed E-state index contributed by atoms with van der Waals surface area (Å²) in [4.78, 5) is 0. The van der Waals surface area contributed by atoms with E-state index >= 15 is 0 Å². The van der Waals surface area contributed by atoms with E-state index in [9.17, 15) is 4.39 Å². The second-order valence-corrected chi connectivity index (χ2v) is 9.81. The van der Waals surface area contributed by atoms with Gasteiger partial charge in [-0.05, 0) is 97.8 Å². The summed E-state index contributed by atoms with van der Waals surface area (Å²) < 4.78 is 25.6. The quantitative estimate of drug-likeness (QED) is 0.483. The fourth-order valence-electron chi connectivity index (χ4n) is 5.65. The third-order valence-electron chi connectivity index (χ3n) is 7.56. The Hall–Kier alpha value is -2.89. The number of nitrogens with one attached hydrogen (secondary N) is 2. The molecule has 1 fully saturated rings. The van der Waals surface area contributed by atoms with Crippen LogP contribution in [0.5, 0.6) is 11.5 Å². The van der Waals surface area contributed by atoms with E-state index in [1.807, 2.05) is 18.2 Å². The first kappa shape index (κ1) is 23.8. The molecule has 3 unspecified atom stereocenters. The minimum absolute atomic E-state index is 0.133. The lowest BCUT2D eigenvalue weighted by atomic mass is 9.73. The highest BCUT2D eigenvalue weighted by atomic mass is 19.1. The maximum atomic E-state index is 13.8. The molecule has 0 bridgehead atoms. The molecule has 0 saturated carbocycles. The SMILES string of the molecule is COc1ccc2c(c1)CCNC2(Cc1ccc(OC(C)C2CCCCN2)cc1)c1ccc(F)cc1. The van der Waals surface area contributed by atoms with Gasteiger partial charge in [0.25, 0.3) is 0 Å². The van der Waals surface area contributed by atoms with Gasteiger partial charge in [0.15, 0.2) is 0 Å². The normalized spacial score (nSPS) is 22.8. The monoisotopic (exact) mass is 474 g/mol. The van der Waals surface area contributed by atoms with E-state index in [2.05, 4.69) is 54.0 Å². The Morgan fingerprint density at radius 3 is 2.46 bits per heavy atom. The first-order valence-corrected chi connectivity index (χ1v) is 12.7. The molecular formula is C30H35FN2O2. The van der Waals surface area contributed by atoms with Gasteiger partial charge in [0.1, 0.15) is 23.4 Å². The van der Waals surface area contributed by atoms with Crippen molar-refractivity contribution >= 4 is 0 Å². The highest BCUT2D eigenvalue weighted by Gasteiger charge is 2.38. The zero-order valence-corrected chi connectivity index (χ0v) is 20.6. The van der Waals surface area contributed by atoms with E-state index in [1.54, 1.807) is 19.2 Å². The van der Waals surface area contributed by atoms with E-state index in [4.69, 9.17) is 9.47 Å². The maximum Gasteiger partial charge on any atom is 0.123 e. The Morgan fingerprint density at radius 1 is 0.971 bits per heavy atom. The third kappa shape index (κ3) is 5.07. The first-order chi connectivity index (χ1) is 17.1. The van der Waals surface area contributed by atoms with Crippen molar-refractivity contribution in [2.45, 2.75) is 56.7 Å². The minimum atomic E-state index is -0.449. The van der Waals surface area contributed by atoms with E-state index in [0.29, 0.717) is 6.04 Å². The summed E-state index contributed by atoms with van der Waals surface area (Å²) in [5.74, 6) is 1.53. The second kappa shape index (κ2) is 10.4. The van der Waals surface area contributed by atoms with Crippen LogP contribution >= 0.6 is 0 Å². The molecule has 0 aliphatic carbocycles. The number of rotatable bonds is 7. The molecule has 2 N–H and O–H groups in total.